The molecule has 1 saturated heterocycles. The number of aliphatic hydroxyl groups is 1. The maximum atomic E-state index is 12.6. The van der Waals surface area contributed by atoms with Crippen LogP contribution >= 0.6 is 0 Å². The lowest BCUT2D eigenvalue weighted by Gasteiger charge is -2.35. The zero-order chi connectivity index (χ0) is 21.0. The quantitative estimate of drug-likeness (QED) is 0.782. The highest BCUT2D eigenvalue weighted by Crippen LogP contribution is 2.17. The van der Waals surface area contributed by atoms with Gasteiger partial charge in [-0.15, -0.1) is 0 Å². The molecule has 2 atom stereocenters. The second-order valence-electron chi connectivity index (χ2n) is 8.53. The molecule has 154 valence electrons. The van der Waals surface area contributed by atoms with E-state index in [0.29, 0.717) is 18.5 Å². The van der Waals surface area contributed by atoms with Gasteiger partial charge in [-0.2, -0.15) is 0 Å². The summed E-state index contributed by atoms with van der Waals surface area (Å²) < 4.78 is 1.99. The Morgan fingerprint density at radius 1 is 1.14 bits per heavy atom. The second kappa shape index (κ2) is 8.66. The molecular formula is C23H29N3O3. The number of amides is 2. The highest BCUT2D eigenvalue weighted by molar-refractivity contribution is 5.94. The Balaban J connectivity index is 1.62. The smallest absolute Gasteiger partial charge is 0.253 e. The number of hydrogen-bond donors (Lipinski definition) is 2. The van der Waals surface area contributed by atoms with Crippen LogP contribution in [0.3, 0.4) is 0 Å². The van der Waals surface area contributed by atoms with E-state index in [1.54, 1.807) is 17.0 Å². The first-order valence-corrected chi connectivity index (χ1v) is 9.92. The molecule has 2 N–H and O–H groups in total. The standard InChI is InChI=1S/C23H29N3O3/c1-23(2,3)26-12-11-18(14-26)22(29)24-19-13-20(27)16-25(15-19)21(28)10-9-17-7-5-4-6-8-17/h4-12,14,19-20,27H,13,15-16H2,1-3H3,(H,24,29)/b10-9+/t19-,20+/m0/s1. The molecule has 0 spiro atoms. The van der Waals surface area contributed by atoms with Crippen molar-refractivity contribution in [2.24, 2.45) is 0 Å². The first-order valence-electron chi connectivity index (χ1n) is 9.92. The van der Waals surface area contributed by atoms with E-state index in [2.05, 4.69) is 26.1 Å². The first kappa shape index (κ1) is 20.9. The monoisotopic (exact) mass is 395 g/mol. The molecule has 0 radical (unpaired) electrons. The number of piperidine rings is 1. The van der Waals surface area contributed by atoms with Crippen molar-refractivity contribution in [2.45, 2.75) is 44.9 Å². The van der Waals surface area contributed by atoms with Gasteiger partial charge in [0.05, 0.1) is 11.7 Å². The molecule has 0 aliphatic carbocycles. The van der Waals surface area contributed by atoms with Gasteiger partial charge in [0.25, 0.3) is 5.91 Å². The van der Waals surface area contributed by atoms with Crippen molar-refractivity contribution in [3.63, 3.8) is 0 Å². The largest absolute Gasteiger partial charge is 0.391 e. The molecule has 2 heterocycles. The van der Waals surface area contributed by atoms with Crippen LogP contribution in [0.5, 0.6) is 0 Å². The Kier molecular flexibility index (Phi) is 6.23. The van der Waals surface area contributed by atoms with Crippen molar-refractivity contribution in [1.82, 2.24) is 14.8 Å². The summed E-state index contributed by atoms with van der Waals surface area (Å²) in [6, 6.07) is 11.1. The number of carbonyl (C=O) groups is 2. The number of likely N-dealkylation sites (tertiary alicyclic amines) is 1. The summed E-state index contributed by atoms with van der Waals surface area (Å²) in [5.41, 5.74) is 1.40. The van der Waals surface area contributed by atoms with Crippen LogP contribution in [0.1, 0.15) is 43.1 Å². The molecule has 29 heavy (non-hydrogen) atoms. The number of aliphatic hydroxyl groups excluding tert-OH is 1. The average molecular weight is 396 g/mol. The Labute approximate surface area is 171 Å². The topological polar surface area (TPSA) is 74.6 Å². The lowest BCUT2D eigenvalue weighted by molar-refractivity contribution is -0.129. The molecule has 3 rings (SSSR count). The molecular weight excluding hydrogens is 366 g/mol. The molecule has 1 aromatic heterocycles. The maximum absolute atomic E-state index is 12.6. The van der Waals surface area contributed by atoms with Gasteiger partial charge in [0, 0.05) is 43.1 Å². The van der Waals surface area contributed by atoms with Crippen molar-refractivity contribution < 1.29 is 14.7 Å². The average Bonchev–Trinajstić information content (AvgIpc) is 3.17. The molecule has 2 aromatic rings. The third kappa shape index (κ3) is 5.57. The van der Waals surface area contributed by atoms with Crippen molar-refractivity contribution in [2.75, 3.05) is 13.1 Å². The number of aromatic nitrogens is 1. The summed E-state index contributed by atoms with van der Waals surface area (Å²) in [4.78, 5) is 26.7. The highest BCUT2D eigenvalue weighted by atomic mass is 16.3. The van der Waals surface area contributed by atoms with Crippen LogP contribution in [0.15, 0.2) is 54.9 Å². The normalized spacial score (nSPS) is 20.1. The van der Waals surface area contributed by atoms with E-state index >= 15 is 0 Å². The fourth-order valence-electron chi connectivity index (χ4n) is 3.41. The molecule has 1 aliphatic heterocycles. The lowest BCUT2D eigenvalue weighted by Crippen LogP contribution is -2.54. The molecule has 1 aliphatic rings. The Hall–Kier alpha value is -2.86. The van der Waals surface area contributed by atoms with E-state index in [9.17, 15) is 14.7 Å². The van der Waals surface area contributed by atoms with Gasteiger partial charge in [-0.1, -0.05) is 30.3 Å². The van der Waals surface area contributed by atoms with Crippen molar-refractivity contribution in [3.05, 3.63) is 66.0 Å². The summed E-state index contributed by atoms with van der Waals surface area (Å²) in [7, 11) is 0. The molecule has 1 aromatic carbocycles. The molecule has 2 amide bonds. The number of β-amino-alcohol motifs (C(OH)–C–C–N with tert-alkyl or cyclic N) is 1. The number of hydrogen-bond acceptors (Lipinski definition) is 3. The minimum Gasteiger partial charge on any atom is -0.391 e. The summed E-state index contributed by atoms with van der Waals surface area (Å²) in [5, 5.41) is 13.2. The van der Waals surface area contributed by atoms with E-state index in [1.807, 2.05) is 47.3 Å². The Morgan fingerprint density at radius 2 is 1.86 bits per heavy atom. The van der Waals surface area contributed by atoms with Gasteiger partial charge in [-0.25, -0.2) is 0 Å². The molecule has 0 bridgehead atoms. The number of nitrogens with one attached hydrogen (secondary N) is 1. The van der Waals surface area contributed by atoms with E-state index < -0.39 is 6.10 Å². The van der Waals surface area contributed by atoms with Gasteiger partial charge in [0.1, 0.15) is 0 Å². The SMILES string of the molecule is CC(C)(C)n1ccc(C(=O)N[C@H]2C[C@@H](O)CN(C(=O)/C=C/c3ccccc3)C2)c1. The van der Waals surface area contributed by atoms with E-state index in [-0.39, 0.29) is 29.9 Å². The molecule has 0 unspecified atom stereocenters. The van der Waals surface area contributed by atoms with Gasteiger partial charge in [-0.3, -0.25) is 9.59 Å². The van der Waals surface area contributed by atoms with Gasteiger partial charge < -0.3 is 19.9 Å². The third-order valence-electron chi connectivity index (χ3n) is 5.02. The van der Waals surface area contributed by atoms with Gasteiger partial charge in [0.2, 0.25) is 5.91 Å². The zero-order valence-electron chi connectivity index (χ0n) is 17.2. The van der Waals surface area contributed by atoms with Crippen LogP contribution < -0.4 is 5.32 Å². The summed E-state index contributed by atoms with van der Waals surface area (Å²) in [6.45, 7) is 6.85. The number of rotatable bonds is 4. The van der Waals surface area contributed by atoms with Crippen LogP contribution in [-0.2, 0) is 10.3 Å². The second-order valence-corrected chi connectivity index (χ2v) is 8.53. The van der Waals surface area contributed by atoms with Crippen LogP contribution in [0.4, 0.5) is 0 Å². The minimum absolute atomic E-state index is 0.103. The van der Waals surface area contributed by atoms with Crippen LogP contribution in [0, 0.1) is 0 Å². The molecule has 6 nitrogen and oxygen atoms in total. The molecule has 1 fully saturated rings. The number of carbonyl (C=O) groups excluding carboxylic acids is 2. The first-order chi connectivity index (χ1) is 13.7. The fourth-order valence-corrected chi connectivity index (χ4v) is 3.41. The minimum atomic E-state index is -0.665. The van der Waals surface area contributed by atoms with Crippen molar-refractivity contribution in [1.29, 1.82) is 0 Å². The van der Waals surface area contributed by atoms with Crippen LogP contribution in [-0.4, -0.2) is 51.6 Å². The van der Waals surface area contributed by atoms with E-state index in [1.165, 1.54) is 6.08 Å². The Bertz CT molecular complexity index is 880. The van der Waals surface area contributed by atoms with Crippen molar-refractivity contribution in [3.8, 4) is 0 Å². The number of benzene rings is 1. The summed E-state index contributed by atoms with van der Waals surface area (Å²) in [6.07, 6.45) is 6.73. The fraction of sp³-hybridized carbons (Fsp3) is 0.391. The summed E-state index contributed by atoms with van der Waals surface area (Å²) >= 11 is 0. The van der Waals surface area contributed by atoms with Crippen LogP contribution in [0.2, 0.25) is 0 Å². The van der Waals surface area contributed by atoms with Crippen molar-refractivity contribution >= 4 is 17.9 Å². The van der Waals surface area contributed by atoms with E-state index in [0.717, 1.165) is 5.56 Å². The highest BCUT2D eigenvalue weighted by Gasteiger charge is 2.29. The van der Waals surface area contributed by atoms with Gasteiger partial charge >= 0.3 is 0 Å². The Morgan fingerprint density at radius 3 is 2.52 bits per heavy atom. The third-order valence-corrected chi connectivity index (χ3v) is 5.02. The van der Waals surface area contributed by atoms with E-state index in [4.69, 9.17) is 0 Å². The molecule has 0 saturated carbocycles. The predicted molar refractivity (Wildman–Crippen MR) is 113 cm³/mol. The summed E-state index contributed by atoms with van der Waals surface area (Å²) in [5.74, 6) is -0.370. The predicted octanol–water partition coefficient (Wildman–Crippen LogP) is 2.65. The van der Waals surface area contributed by atoms with Crippen LogP contribution in [0.25, 0.3) is 6.08 Å². The molecule has 6 heteroatoms. The zero-order valence-corrected chi connectivity index (χ0v) is 17.2. The lowest BCUT2D eigenvalue weighted by atomic mass is 10.0. The number of nitrogens with zero attached hydrogens (tertiary/aromatic N) is 2. The van der Waals surface area contributed by atoms with Gasteiger partial charge in [-0.05, 0) is 44.9 Å². The maximum Gasteiger partial charge on any atom is 0.253 e. The van der Waals surface area contributed by atoms with Gasteiger partial charge in [0.15, 0.2) is 0 Å².